The Bertz CT molecular complexity index is 874. The van der Waals surface area contributed by atoms with Gasteiger partial charge in [0, 0.05) is 51.2 Å². The molecule has 5 heterocycles. The van der Waals surface area contributed by atoms with Crippen molar-refractivity contribution in [1.29, 1.82) is 0 Å². The minimum atomic E-state index is 0.536. The zero-order chi connectivity index (χ0) is 16.1. The molecule has 0 saturated carbocycles. The van der Waals surface area contributed by atoms with Gasteiger partial charge in [0.2, 0.25) is 5.95 Å². The van der Waals surface area contributed by atoms with Crippen molar-refractivity contribution in [3.05, 3.63) is 48.4 Å². The molecule has 24 heavy (non-hydrogen) atoms. The largest absolute Gasteiger partial charge is 0.336 e. The van der Waals surface area contributed by atoms with Crippen molar-refractivity contribution >= 4 is 17.1 Å². The molecule has 2 atom stereocenters. The molecule has 2 unspecified atom stereocenters. The highest BCUT2D eigenvalue weighted by atomic mass is 15.4. The van der Waals surface area contributed by atoms with Gasteiger partial charge in [-0.15, -0.1) is 0 Å². The molecule has 2 aliphatic heterocycles. The average Bonchev–Trinajstić information content (AvgIpc) is 3.29. The van der Waals surface area contributed by atoms with Gasteiger partial charge in [0.1, 0.15) is 5.52 Å². The first-order valence-electron chi connectivity index (χ1n) is 8.47. The van der Waals surface area contributed by atoms with Gasteiger partial charge in [0.05, 0.1) is 5.69 Å². The molecule has 2 saturated heterocycles. The van der Waals surface area contributed by atoms with Crippen molar-refractivity contribution in [2.75, 3.05) is 18.0 Å². The summed E-state index contributed by atoms with van der Waals surface area (Å²) in [5.74, 6) is 1.05. The van der Waals surface area contributed by atoms with Crippen LogP contribution < -0.4 is 4.90 Å². The van der Waals surface area contributed by atoms with E-state index in [-0.39, 0.29) is 0 Å². The summed E-state index contributed by atoms with van der Waals surface area (Å²) in [5.41, 5.74) is 3.09. The van der Waals surface area contributed by atoms with Gasteiger partial charge in [-0.1, -0.05) is 6.07 Å². The minimum Gasteiger partial charge on any atom is -0.336 e. The second kappa shape index (κ2) is 5.27. The molecule has 5 rings (SSSR count). The van der Waals surface area contributed by atoms with E-state index < -0.39 is 0 Å². The number of aromatic nitrogens is 4. The topological polar surface area (TPSA) is 50.1 Å². The summed E-state index contributed by atoms with van der Waals surface area (Å²) in [5, 5.41) is 0. The molecule has 3 aromatic rings. The van der Waals surface area contributed by atoms with Gasteiger partial charge in [0.15, 0.2) is 5.65 Å². The van der Waals surface area contributed by atoms with E-state index in [2.05, 4.69) is 43.5 Å². The lowest BCUT2D eigenvalue weighted by Crippen LogP contribution is -2.46. The molecule has 0 amide bonds. The zero-order valence-corrected chi connectivity index (χ0v) is 13.7. The van der Waals surface area contributed by atoms with Crippen LogP contribution in [-0.2, 0) is 13.6 Å². The first-order chi connectivity index (χ1) is 11.8. The molecule has 3 aromatic heterocycles. The molecule has 0 spiro atoms. The fourth-order valence-electron chi connectivity index (χ4n) is 4.16. The maximum Gasteiger partial charge on any atom is 0.207 e. The molecule has 6 nitrogen and oxygen atoms in total. The van der Waals surface area contributed by atoms with Crippen LogP contribution in [0.5, 0.6) is 0 Å². The summed E-state index contributed by atoms with van der Waals surface area (Å²) in [6.45, 7) is 3.06. The number of rotatable bonds is 3. The standard InChI is InChI=1S/C18H20N6/c1-22-17-16(6-4-8-20-17)21-18(22)24-12-14-9-15(24)11-23(14)10-13-5-2-3-7-19-13/h2-8,14-15H,9-12H2,1H3. The second-order valence-electron chi connectivity index (χ2n) is 6.76. The number of anilines is 1. The predicted octanol–water partition coefficient (Wildman–Crippen LogP) is 1.83. The fraction of sp³-hybridized carbons (Fsp3) is 0.389. The highest BCUT2D eigenvalue weighted by Gasteiger charge is 2.44. The SMILES string of the molecule is Cn1c(N2CC3CC2CN3Cc2ccccn2)nc2cccnc21. The Labute approximate surface area is 140 Å². The normalized spacial score (nSPS) is 23.5. The van der Waals surface area contributed by atoms with Crippen molar-refractivity contribution in [3.63, 3.8) is 0 Å². The Balaban J connectivity index is 1.37. The quantitative estimate of drug-likeness (QED) is 0.737. The van der Waals surface area contributed by atoms with Crippen LogP contribution in [0.4, 0.5) is 5.95 Å². The lowest BCUT2D eigenvalue weighted by atomic mass is 10.2. The van der Waals surface area contributed by atoms with Gasteiger partial charge in [-0.3, -0.25) is 14.5 Å². The van der Waals surface area contributed by atoms with Crippen LogP contribution in [0.3, 0.4) is 0 Å². The molecule has 2 aliphatic rings. The number of pyridine rings is 2. The lowest BCUT2D eigenvalue weighted by molar-refractivity contribution is 0.227. The third-order valence-electron chi connectivity index (χ3n) is 5.31. The molecule has 0 N–H and O–H groups in total. The molecule has 2 fully saturated rings. The van der Waals surface area contributed by atoms with Crippen molar-refractivity contribution in [1.82, 2.24) is 24.4 Å². The van der Waals surface area contributed by atoms with E-state index in [9.17, 15) is 0 Å². The van der Waals surface area contributed by atoms with Crippen LogP contribution in [0.25, 0.3) is 11.2 Å². The van der Waals surface area contributed by atoms with Crippen LogP contribution in [0.1, 0.15) is 12.1 Å². The maximum atomic E-state index is 4.82. The first kappa shape index (κ1) is 13.9. The third kappa shape index (κ3) is 2.10. The van der Waals surface area contributed by atoms with E-state index in [4.69, 9.17) is 4.98 Å². The van der Waals surface area contributed by atoms with E-state index in [1.807, 2.05) is 30.6 Å². The summed E-state index contributed by atoms with van der Waals surface area (Å²) in [4.78, 5) is 18.8. The number of aryl methyl sites for hydroxylation is 1. The van der Waals surface area contributed by atoms with Crippen molar-refractivity contribution in [2.24, 2.45) is 7.05 Å². The van der Waals surface area contributed by atoms with Gasteiger partial charge >= 0.3 is 0 Å². The minimum absolute atomic E-state index is 0.536. The third-order valence-corrected chi connectivity index (χ3v) is 5.31. The Kier molecular flexibility index (Phi) is 3.06. The van der Waals surface area contributed by atoms with Crippen LogP contribution in [0.15, 0.2) is 42.7 Å². The van der Waals surface area contributed by atoms with Crippen molar-refractivity contribution in [2.45, 2.75) is 25.0 Å². The number of fused-ring (bicyclic) bond motifs is 3. The van der Waals surface area contributed by atoms with Crippen LogP contribution in [0, 0.1) is 0 Å². The van der Waals surface area contributed by atoms with Gasteiger partial charge < -0.3 is 4.90 Å². The summed E-state index contributed by atoms with van der Waals surface area (Å²) in [6, 6.07) is 11.3. The number of nitrogens with zero attached hydrogens (tertiary/aromatic N) is 6. The van der Waals surface area contributed by atoms with Crippen molar-refractivity contribution in [3.8, 4) is 0 Å². The molecular formula is C18H20N6. The summed E-state index contributed by atoms with van der Waals surface area (Å²) >= 11 is 0. The number of likely N-dealkylation sites (tertiary alicyclic amines) is 1. The van der Waals surface area contributed by atoms with Crippen LogP contribution in [-0.4, -0.2) is 49.6 Å². The highest BCUT2D eigenvalue weighted by molar-refractivity contribution is 5.74. The first-order valence-corrected chi connectivity index (χ1v) is 8.47. The van der Waals surface area contributed by atoms with E-state index in [0.717, 1.165) is 42.4 Å². The molecule has 0 aromatic carbocycles. The average molecular weight is 320 g/mol. The van der Waals surface area contributed by atoms with Crippen LogP contribution >= 0.6 is 0 Å². The molecule has 122 valence electrons. The van der Waals surface area contributed by atoms with Gasteiger partial charge in [0.25, 0.3) is 0 Å². The maximum absolute atomic E-state index is 4.82. The number of imidazole rings is 1. The number of hydrogen-bond donors (Lipinski definition) is 0. The van der Waals surface area contributed by atoms with Gasteiger partial charge in [-0.25, -0.2) is 9.97 Å². The smallest absolute Gasteiger partial charge is 0.207 e. The fourth-order valence-corrected chi connectivity index (χ4v) is 4.16. The zero-order valence-electron chi connectivity index (χ0n) is 13.7. The molecule has 0 aliphatic carbocycles. The van der Waals surface area contributed by atoms with E-state index in [0.29, 0.717) is 12.1 Å². The number of piperazine rings is 1. The predicted molar refractivity (Wildman–Crippen MR) is 92.7 cm³/mol. The summed E-state index contributed by atoms with van der Waals surface area (Å²) < 4.78 is 2.12. The lowest BCUT2D eigenvalue weighted by Gasteiger charge is -2.34. The Morgan fingerprint density at radius 1 is 1.04 bits per heavy atom. The number of hydrogen-bond acceptors (Lipinski definition) is 5. The molecule has 2 bridgehead atoms. The van der Waals surface area contributed by atoms with Crippen LogP contribution in [0.2, 0.25) is 0 Å². The summed E-state index contributed by atoms with van der Waals surface area (Å²) in [7, 11) is 2.06. The summed E-state index contributed by atoms with van der Waals surface area (Å²) in [6.07, 6.45) is 4.92. The highest BCUT2D eigenvalue weighted by Crippen LogP contribution is 2.35. The second-order valence-corrected chi connectivity index (χ2v) is 6.76. The monoisotopic (exact) mass is 320 g/mol. The molecule has 0 radical (unpaired) electrons. The van der Waals surface area contributed by atoms with Gasteiger partial charge in [-0.2, -0.15) is 0 Å². The Morgan fingerprint density at radius 2 is 1.96 bits per heavy atom. The van der Waals surface area contributed by atoms with Gasteiger partial charge in [-0.05, 0) is 30.7 Å². The molecule has 6 heteroatoms. The molecular weight excluding hydrogens is 300 g/mol. The Hall–Kier alpha value is -2.47. The van der Waals surface area contributed by atoms with E-state index in [1.165, 1.54) is 6.42 Å². The van der Waals surface area contributed by atoms with E-state index in [1.54, 1.807) is 0 Å². The van der Waals surface area contributed by atoms with Crippen molar-refractivity contribution < 1.29 is 0 Å². The Morgan fingerprint density at radius 3 is 2.71 bits per heavy atom. The van der Waals surface area contributed by atoms with E-state index >= 15 is 0 Å².